The zero-order chi connectivity index (χ0) is 56.9. The Balaban J connectivity index is 0.000000284. The van der Waals surface area contributed by atoms with Gasteiger partial charge in [-0.15, -0.1) is 0 Å². The van der Waals surface area contributed by atoms with Crippen LogP contribution in [0.4, 0.5) is 0 Å². The maximum absolute atomic E-state index is 14.0. The number of carbonyl (C=O) groups excluding carboxylic acids is 5. The second kappa shape index (κ2) is 27.5. The Kier molecular flexibility index (Phi) is 22.3. The molecular formula is C63H96N6O8. The summed E-state index contributed by atoms with van der Waals surface area (Å²) in [6, 6.07) is 14.9. The van der Waals surface area contributed by atoms with Gasteiger partial charge in [0, 0.05) is 24.2 Å². The first-order valence-electron chi connectivity index (χ1n) is 29.2. The van der Waals surface area contributed by atoms with Gasteiger partial charge in [0.2, 0.25) is 0 Å². The van der Waals surface area contributed by atoms with Crippen LogP contribution >= 0.6 is 0 Å². The van der Waals surface area contributed by atoms with Gasteiger partial charge in [0.15, 0.2) is 0 Å². The van der Waals surface area contributed by atoms with Gasteiger partial charge in [0.25, 0.3) is 23.6 Å². The molecule has 14 nitrogen and oxygen atoms in total. The van der Waals surface area contributed by atoms with Crippen molar-refractivity contribution in [3.63, 3.8) is 0 Å². The molecule has 3 N–H and O–H groups in total. The van der Waals surface area contributed by atoms with E-state index in [9.17, 15) is 28.8 Å². The molecule has 2 fully saturated rings. The molecule has 2 aliphatic heterocycles. The second-order valence-electron chi connectivity index (χ2n) is 25.5. The lowest BCUT2D eigenvalue weighted by molar-refractivity contribution is -0.140. The molecule has 2 aromatic carbocycles. The largest absolute Gasteiger partial charge is 0.481 e. The average molecular weight is 1070 g/mol. The van der Waals surface area contributed by atoms with E-state index >= 15 is 0 Å². The first-order valence-corrected chi connectivity index (χ1v) is 29.2. The fraction of sp³-hybridized carbons (Fsp3) is 0.683. The third-order valence-electron chi connectivity index (χ3n) is 16.6. The average Bonchev–Trinajstić information content (AvgIpc) is 3.78. The topological polar surface area (TPSA) is 187 Å². The minimum absolute atomic E-state index is 0.0736. The molecule has 2 saturated carbocycles. The number of nitrogens with zero attached hydrogens (tertiary/aromatic N) is 4. The fourth-order valence-electron chi connectivity index (χ4n) is 12.1. The Morgan fingerprint density at radius 2 is 0.974 bits per heavy atom. The highest BCUT2D eigenvalue weighted by molar-refractivity contribution is 6.41. The number of carbonyl (C=O) groups is 6. The molecule has 4 aliphatic rings. The van der Waals surface area contributed by atoms with E-state index in [0.717, 1.165) is 107 Å². The van der Waals surface area contributed by atoms with Crippen LogP contribution in [-0.2, 0) is 23.9 Å². The highest BCUT2D eigenvalue weighted by Crippen LogP contribution is 2.52. The van der Waals surface area contributed by atoms with Crippen LogP contribution in [0, 0.1) is 34.5 Å². The first-order chi connectivity index (χ1) is 36.3. The number of esters is 1. The molecule has 0 radical (unpaired) electrons. The third-order valence-corrected chi connectivity index (χ3v) is 16.6. The van der Waals surface area contributed by atoms with Gasteiger partial charge in [-0.2, -0.15) is 0 Å². The van der Waals surface area contributed by atoms with Gasteiger partial charge in [-0.25, -0.2) is 0 Å². The van der Waals surface area contributed by atoms with Crippen molar-refractivity contribution in [2.45, 2.75) is 222 Å². The molecule has 0 saturated heterocycles. The normalized spacial score (nSPS) is 22.4. The first kappa shape index (κ1) is 62.4. The second-order valence-corrected chi connectivity index (χ2v) is 25.5. The SMILES string of the molecule is CCCC[C@H](c1ccc(C(=O)NCCC(=O)O)cc1)N1C(=O)C(CC(C)C)=NC12CCC(C(C)(C)C)CC2.CCCC[C@H](c1ccc(C(=O)NCCC(=O)OC)cc1)N1C(=O)C(CC(C)C)=NC12CCC(C(C)(C)C)CC2. The van der Waals surface area contributed by atoms with Crippen molar-refractivity contribution in [1.29, 1.82) is 0 Å². The van der Waals surface area contributed by atoms with E-state index in [4.69, 9.17) is 15.1 Å². The summed E-state index contributed by atoms with van der Waals surface area (Å²) in [5.74, 6) is 0.289. The van der Waals surface area contributed by atoms with E-state index in [0.29, 0.717) is 53.4 Å². The maximum Gasteiger partial charge on any atom is 0.307 e. The van der Waals surface area contributed by atoms with Crippen molar-refractivity contribution in [3.05, 3.63) is 70.8 Å². The summed E-state index contributed by atoms with van der Waals surface area (Å²) in [4.78, 5) is 90.0. The number of carboxylic acids is 1. The number of methoxy groups -OCH3 is 1. The van der Waals surface area contributed by atoms with Crippen molar-refractivity contribution in [2.75, 3.05) is 20.2 Å². The molecule has 2 atom stereocenters. The van der Waals surface area contributed by atoms with Crippen molar-refractivity contribution in [1.82, 2.24) is 20.4 Å². The smallest absolute Gasteiger partial charge is 0.307 e. The lowest BCUT2D eigenvalue weighted by Gasteiger charge is -2.47. The number of nitrogens with one attached hydrogen (secondary N) is 2. The lowest BCUT2D eigenvalue weighted by atomic mass is 9.69. The van der Waals surface area contributed by atoms with Crippen molar-refractivity contribution in [3.8, 4) is 0 Å². The fourth-order valence-corrected chi connectivity index (χ4v) is 12.1. The van der Waals surface area contributed by atoms with Crippen LogP contribution in [-0.4, -0.2) is 93.4 Å². The number of aliphatic carboxylic acids is 1. The summed E-state index contributed by atoms with van der Waals surface area (Å²) >= 11 is 0. The van der Waals surface area contributed by atoms with Gasteiger partial charge in [-0.3, -0.25) is 38.8 Å². The number of ether oxygens (including phenoxy) is 1. The Bertz CT molecular complexity index is 2380. The number of hydrogen-bond donors (Lipinski definition) is 3. The molecule has 426 valence electrons. The summed E-state index contributed by atoms with van der Waals surface area (Å²) in [6.45, 7) is 27.1. The Morgan fingerprint density at radius 1 is 0.623 bits per heavy atom. The molecule has 2 aliphatic carbocycles. The molecule has 14 heteroatoms. The molecule has 2 aromatic rings. The van der Waals surface area contributed by atoms with E-state index in [-0.39, 0.29) is 78.4 Å². The monoisotopic (exact) mass is 1060 g/mol. The van der Waals surface area contributed by atoms with Gasteiger partial charge in [0.05, 0.1) is 32.0 Å². The molecule has 6 rings (SSSR count). The Hall–Kier alpha value is -5.40. The Morgan fingerprint density at radius 3 is 1.27 bits per heavy atom. The predicted octanol–water partition coefficient (Wildman–Crippen LogP) is 12.9. The standard InChI is InChI=1S/C32H49N3O4.C31H47N3O4/c1-8-9-10-27(23-11-13-24(14-12-23)29(37)33-20-17-28(36)39-7)35-30(38)26(21-22(2)3)34-32(35)18-15-25(16-19-32)31(4,5)6;1-7-8-9-26(22-10-12-23(13-11-22)28(37)32-19-16-27(35)36)34-29(38)25(20-21(2)3)33-31(34)17-14-24(15-18-31)30(4,5)6/h11-14,22,25,27H,8-10,15-21H2,1-7H3,(H,33,37);10-13,21,24,26H,7-9,14-20H2,1-6H3,(H,32,37)(H,35,36)/t25?,27-,32?;24?,26-,31?/m11/s1. The number of benzene rings is 2. The minimum atomic E-state index is -0.945. The van der Waals surface area contributed by atoms with Crippen LogP contribution in [0.5, 0.6) is 0 Å². The summed E-state index contributed by atoms with van der Waals surface area (Å²) < 4.78 is 4.64. The molecule has 2 heterocycles. The van der Waals surface area contributed by atoms with Gasteiger partial charge in [0.1, 0.15) is 22.7 Å². The maximum atomic E-state index is 14.0. The van der Waals surface area contributed by atoms with Crippen molar-refractivity contribution in [2.24, 2.45) is 44.5 Å². The molecular weight excluding hydrogens is 969 g/mol. The molecule has 0 aromatic heterocycles. The number of aliphatic imine (C=N–C) groups is 2. The zero-order valence-electron chi connectivity index (χ0n) is 49.3. The van der Waals surface area contributed by atoms with E-state index < -0.39 is 17.3 Å². The highest BCUT2D eigenvalue weighted by atomic mass is 16.5. The Labute approximate surface area is 461 Å². The van der Waals surface area contributed by atoms with E-state index in [2.05, 4.69) is 108 Å². The number of unbranched alkanes of at least 4 members (excludes halogenated alkanes) is 2. The minimum Gasteiger partial charge on any atom is -0.481 e. The van der Waals surface area contributed by atoms with Crippen LogP contribution in [0.15, 0.2) is 58.5 Å². The lowest BCUT2D eigenvalue weighted by Crippen LogP contribution is -2.51. The van der Waals surface area contributed by atoms with Gasteiger partial charge < -0.3 is 30.3 Å². The van der Waals surface area contributed by atoms with E-state index in [1.54, 1.807) is 12.1 Å². The van der Waals surface area contributed by atoms with E-state index in [1.807, 2.05) is 36.4 Å². The van der Waals surface area contributed by atoms with Crippen LogP contribution in [0.3, 0.4) is 0 Å². The van der Waals surface area contributed by atoms with Crippen LogP contribution in [0.25, 0.3) is 0 Å². The van der Waals surface area contributed by atoms with E-state index in [1.165, 1.54) is 7.11 Å². The van der Waals surface area contributed by atoms with Crippen molar-refractivity contribution >= 4 is 47.0 Å². The molecule has 0 bridgehead atoms. The van der Waals surface area contributed by atoms with Crippen molar-refractivity contribution < 1.29 is 38.6 Å². The molecule has 2 spiro atoms. The summed E-state index contributed by atoms with van der Waals surface area (Å²) in [7, 11) is 1.33. The van der Waals surface area contributed by atoms with Gasteiger partial charge >= 0.3 is 11.9 Å². The number of carboxylic acid groups (broad SMARTS) is 1. The number of amides is 4. The molecule has 4 amide bonds. The highest BCUT2D eigenvalue weighted by Gasteiger charge is 2.54. The molecule has 0 unspecified atom stereocenters. The van der Waals surface area contributed by atoms with Crippen LogP contribution < -0.4 is 10.6 Å². The number of hydrogen-bond acceptors (Lipinski definition) is 9. The van der Waals surface area contributed by atoms with Gasteiger partial charge in [-0.1, -0.05) is 133 Å². The van der Waals surface area contributed by atoms with Gasteiger partial charge in [-0.05, 0) is 147 Å². The molecule has 77 heavy (non-hydrogen) atoms. The summed E-state index contributed by atoms with van der Waals surface area (Å²) in [5, 5.41) is 14.3. The van der Waals surface area contributed by atoms with Crippen LogP contribution in [0.2, 0.25) is 0 Å². The predicted molar refractivity (Wildman–Crippen MR) is 307 cm³/mol. The third kappa shape index (κ3) is 16.3. The summed E-state index contributed by atoms with van der Waals surface area (Å²) in [5.41, 5.74) is 4.03. The quantitative estimate of drug-likeness (QED) is 0.0972. The van der Waals surface area contributed by atoms with Crippen LogP contribution in [0.1, 0.15) is 243 Å². The zero-order valence-corrected chi connectivity index (χ0v) is 49.3. The summed E-state index contributed by atoms with van der Waals surface area (Å²) in [6.07, 6.45) is 15.0. The number of rotatable bonds is 22.